The van der Waals surface area contributed by atoms with Crippen LogP contribution < -0.4 is 0 Å². The second-order valence-electron chi connectivity index (χ2n) is 3.48. The molecule has 0 bridgehead atoms. The van der Waals surface area contributed by atoms with E-state index in [0.29, 0.717) is 0 Å². The first-order valence-corrected chi connectivity index (χ1v) is 6.10. The van der Waals surface area contributed by atoms with Gasteiger partial charge in [-0.25, -0.2) is 14.4 Å². The molecular formula is C12H6ClFN2S. The predicted molar refractivity (Wildman–Crippen MR) is 67.8 cm³/mol. The average Bonchev–Trinajstić information content (AvgIpc) is 2.75. The highest BCUT2D eigenvalue weighted by Crippen LogP contribution is 2.33. The van der Waals surface area contributed by atoms with Gasteiger partial charge in [-0.1, -0.05) is 18.2 Å². The van der Waals surface area contributed by atoms with Crippen LogP contribution in [0, 0.1) is 5.82 Å². The number of hydrogen-bond donors (Lipinski definition) is 0. The normalized spacial score (nSPS) is 10.9. The molecule has 5 heteroatoms. The SMILES string of the molecule is Fc1cnc(Cl)nc1-c1cc2ccccc2s1. The van der Waals surface area contributed by atoms with Crippen LogP contribution in [0.4, 0.5) is 4.39 Å². The third-order valence-electron chi connectivity index (χ3n) is 2.37. The topological polar surface area (TPSA) is 25.8 Å². The van der Waals surface area contributed by atoms with Gasteiger partial charge in [-0.2, -0.15) is 0 Å². The van der Waals surface area contributed by atoms with Crippen molar-refractivity contribution in [2.75, 3.05) is 0 Å². The van der Waals surface area contributed by atoms with E-state index in [9.17, 15) is 4.39 Å². The van der Waals surface area contributed by atoms with E-state index in [0.717, 1.165) is 21.2 Å². The van der Waals surface area contributed by atoms with Gasteiger partial charge in [-0.3, -0.25) is 0 Å². The van der Waals surface area contributed by atoms with Crippen molar-refractivity contribution >= 4 is 33.0 Å². The summed E-state index contributed by atoms with van der Waals surface area (Å²) in [5.41, 5.74) is 0.256. The second-order valence-corrected chi connectivity index (χ2v) is 4.91. The lowest BCUT2D eigenvalue weighted by molar-refractivity contribution is 0.618. The summed E-state index contributed by atoms with van der Waals surface area (Å²) in [6.07, 6.45) is 1.09. The van der Waals surface area contributed by atoms with Crippen LogP contribution in [0.15, 0.2) is 36.5 Å². The summed E-state index contributed by atoms with van der Waals surface area (Å²) in [4.78, 5) is 8.29. The standard InChI is InChI=1S/C12H6ClFN2S/c13-12-15-6-8(14)11(16-12)10-5-7-3-1-2-4-9(7)17-10/h1-6H. The van der Waals surface area contributed by atoms with Crippen molar-refractivity contribution in [2.45, 2.75) is 0 Å². The van der Waals surface area contributed by atoms with E-state index in [2.05, 4.69) is 9.97 Å². The molecule has 0 N–H and O–H groups in total. The van der Waals surface area contributed by atoms with Crippen LogP contribution in [0.3, 0.4) is 0 Å². The molecule has 0 aliphatic rings. The summed E-state index contributed by atoms with van der Waals surface area (Å²) in [5.74, 6) is -0.457. The van der Waals surface area contributed by atoms with Gasteiger partial charge in [0.25, 0.3) is 0 Å². The van der Waals surface area contributed by atoms with E-state index in [4.69, 9.17) is 11.6 Å². The number of nitrogens with zero attached hydrogens (tertiary/aromatic N) is 2. The van der Waals surface area contributed by atoms with E-state index >= 15 is 0 Å². The summed E-state index contributed by atoms with van der Waals surface area (Å²) >= 11 is 7.17. The van der Waals surface area contributed by atoms with E-state index in [1.807, 2.05) is 30.3 Å². The number of hydrogen-bond acceptors (Lipinski definition) is 3. The molecule has 0 amide bonds. The predicted octanol–water partition coefficient (Wildman–Crippen LogP) is 4.15. The lowest BCUT2D eigenvalue weighted by Gasteiger charge is -1.97. The first-order chi connectivity index (χ1) is 8.24. The van der Waals surface area contributed by atoms with Gasteiger partial charge in [0.2, 0.25) is 5.28 Å². The van der Waals surface area contributed by atoms with Gasteiger partial charge in [-0.05, 0) is 29.1 Å². The minimum Gasteiger partial charge on any atom is -0.223 e. The number of benzene rings is 1. The summed E-state index contributed by atoms with van der Waals surface area (Å²) in [5, 5.41) is 1.13. The van der Waals surface area contributed by atoms with Crippen molar-refractivity contribution in [1.29, 1.82) is 0 Å². The fraction of sp³-hybridized carbons (Fsp3) is 0. The molecule has 0 saturated carbocycles. The summed E-state index contributed by atoms with van der Waals surface area (Å²) < 4.78 is 14.7. The van der Waals surface area contributed by atoms with Gasteiger partial charge >= 0.3 is 0 Å². The van der Waals surface area contributed by atoms with Crippen molar-refractivity contribution < 1.29 is 4.39 Å². The average molecular weight is 265 g/mol. The molecule has 0 aliphatic carbocycles. The van der Waals surface area contributed by atoms with Crippen molar-refractivity contribution in [3.8, 4) is 10.6 Å². The maximum absolute atomic E-state index is 13.6. The second kappa shape index (κ2) is 4.05. The van der Waals surface area contributed by atoms with Crippen molar-refractivity contribution in [2.24, 2.45) is 0 Å². The number of halogens is 2. The van der Waals surface area contributed by atoms with Gasteiger partial charge < -0.3 is 0 Å². The molecule has 0 atom stereocenters. The van der Waals surface area contributed by atoms with Gasteiger partial charge in [0.15, 0.2) is 5.82 Å². The van der Waals surface area contributed by atoms with Gasteiger partial charge in [0.05, 0.1) is 11.1 Å². The van der Waals surface area contributed by atoms with E-state index in [1.54, 1.807) is 0 Å². The highest BCUT2D eigenvalue weighted by atomic mass is 35.5. The Balaban J connectivity index is 2.23. The number of rotatable bonds is 1. The third-order valence-corrected chi connectivity index (χ3v) is 3.68. The van der Waals surface area contributed by atoms with E-state index in [1.165, 1.54) is 11.3 Å². The Labute approximate surface area is 106 Å². The molecule has 0 saturated heterocycles. The first kappa shape index (κ1) is 10.6. The van der Waals surface area contributed by atoms with Gasteiger partial charge in [-0.15, -0.1) is 11.3 Å². The monoisotopic (exact) mass is 264 g/mol. The largest absolute Gasteiger partial charge is 0.223 e. The molecule has 3 aromatic rings. The summed E-state index contributed by atoms with van der Waals surface area (Å²) in [6.45, 7) is 0. The smallest absolute Gasteiger partial charge is 0.223 e. The van der Waals surface area contributed by atoms with Crippen LogP contribution in [-0.2, 0) is 0 Å². The number of fused-ring (bicyclic) bond motifs is 1. The van der Waals surface area contributed by atoms with Gasteiger partial charge in [0, 0.05) is 4.70 Å². The maximum atomic E-state index is 13.6. The molecule has 0 aliphatic heterocycles. The molecule has 17 heavy (non-hydrogen) atoms. The van der Waals surface area contributed by atoms with Crippen LogP contribution >= 0.6 is 22.9 Å². The number of aromatic nitrogens is 2. The van der Waals surface area contributed by atoms with Crippen molar-refractivity contribution in [1.82, 2.24) is 9.97 Å². The minimum absolute atomic E-state index is 0.0545. The highest BCUT2D eigenvalue weighted by Gasteiger charge is 2.11. The molecule has 0 fully saturated rings. The van der Waals surface area contributed by atoms with E-state index < -0.39 is 5.82 Å². The Morgan fingerprint density at radius 1 is 1.24 bits per heavy atom. The third kappa shape index (κ3) is 1.90. The molecule has 0 radical (unpaired) electrons. The van der Waals surface area contributed by atoms with Crippen molar-refractivity contribution in [3.63, 3.8) is 0 Å². The molecule has 2 nitrogen and oxygen atoms in total. The Kier molecular flexibility index (Phi) is 2.53. The highest BCUT2D eigenvalue weighted by molar-refractivity contribution is 7.22. The zero-order chi connectivity index (χ0) is 11.8. The summed E-state index contributed by atoms with van der Waals surface area (Å²) in [6, 6.07) is 9.77. The van der Waals surface area contributed by atoms with Crippen molar-refractivity contribution in [3.05, 3.63) is 47.6 Å². The molecular weight excluding hydrogens is 259 g/mol. The van der Waals surface area contributed by atoms with E-state index in [-0.39, 0.29) is 11.0 Å². The molecule has 2 aromatic heterocycles. The fourth-order valence-corrected chi connectivity index (χ4v) is 2.80. The Bertz CT molecular complexity index is 663. The first-order valence-electron chi connectivity index (χ1n) is 4.91. The molecule has 1 aromatic carbocycles. The quantitative estimate of drug-likeness (QED) is 0.617. The molecule has 2 heterocycles. The molecule has 0 unspecified atom stereocenters. The Morgan fingerprint density at radius 3 is 2.88 bits per heavy atom. The minimum atomic E-state index is -0.457. The van der Waals surface area contributed by atoms with Crippen LogP contribution in [0.2, 0.25) is 5.28 Å². The number of thiophene rings is 1. The Morgan fingerprint density at radius 2 is 2.06 bits per heavy atom. The summed E-state index contributed by atoms with van der Waals surface area (Å²) in [7, 11) is 0. The molecule has 84 valence electrons. The molecule has 0 spiro atoms. The van der Waals surface area contributed by atoms with Crippen LogP contribution in [-0.4, -0.2) is 9.97 Å². The Hall–Kier alpha value is -1.52. The molecule has 3 rings (SSSR count). The van der Waals surface area contributed by atoms with Crippen LogP contribution in [0.1, 0.15) is 0 Å². The zero-order valence-corrected chi connectivity index (χ0v) is 10.1. The van der Waals surface area contributed by atoms with Gasteiger partial charge in [0.1, 0.15) is 5.69 Å². The van der Waals surface area contributed by atoms with Crippen LogP contribution in [0.5, 0.6) is 0 Å². The van der Waals surface area contributed by atoms with Crippen LogP contribution in [0.25, 0.3) is 20.7 Å². The fourth-order valence-electron chi connectivity index (χ4n) is 1.62. The zero-order valence-electron chi connectivity index (χ0n) is 8.52. The lowest BCUT2D eigenvalue weighted by atomic mass is 10.2. The maximum Gasteiger partial charge on any atom is 0.223 e. The lowest BCUT2D eigenvalue weighted by Crippen LogP contribution is -1.90.